The van der Waals surface area contributed by atoms with Gasteiger partial charge in [0, 0.05) is 5.56 Å². The third-order valence-corrected chi connectivity index (χ3v) is 3.76. The van der Waals surface area contributed by atoms with E-state index in [4.69, 9.17) is 0 Å². The lowest BCUT2D eigenvalue weighted by atomic mass is 9.94. The Morgan fingerprint density at radius 2 is 1.88 bits per heavy atom. The molecule has 0 saturated carbocycles. The fourth-order valence-electron chi connectivity index (χ4n) is 2.82. The van der Waals surface area contributed by atoms with Gasteiger partial charge in [0.15, 0.2) is 6.29 Å². The van der Waals surface area contributed by atoms with Crippen molar-refractivity contribution in [2.24, 2.45) is 0 Å². The smallest absolute Gasteiger partial charge is 0.150 e. The third-order valence-electron chi connectivity index (χ3n) is 3.76. The van der Waals surface area contributed by atoms with Crippen molar-refractivity contribution in [1.29, 1.82) is 0 Å². The molecule has 0 amide bonds. The summed E-state index contributed by atoms with van der Waals surface area (Å²) < 4.78 is 0. The third kappa shape index (κ3) is 1.35. The van der Waals surface area contributed by atoms with Crippen LogP contribution in [0, 0.1) is 13.8 Å². The fourth-order valence-corrected chi connectivity index (χ4v) is 2.82. The van der Waals surface area contributed by atoms with Crippen LogP contribution in [0.25, 0.3) is 11.1 Å². The van der Waals surface area contributed by atoms with Gasteiger partial charge in [0.1, 0.15) is 0 Å². The highest BCUT2D eigenvalue weighted by Crippen LogP contribution is 2.39. The van der Waals surface area contributed by atoms with Crippen LogP contribution >= 0.6 is 0 Å². The van der Waals surface area contributed by atoms with Crippen LogP contribution in [-0.4, -0.2) is 6.29 Å². The van der Waals surface area contributed by atoms with Gasteiger partial charge in [0.25, 0.3) is 0 Å². The minimum absolute atomic E-state index is 0.858. The zero-order valence-electron chi connectivity index (χ0n) is 10.1. The highest BCUT2D eigenvalue weighted by atomic mass is 16.1. The average molecular weight is 222 g/mol. The number of hydrogen-bond acceptors (Lipinski definition) is 1. The molecule has 0 saturated heterocycles. The van der Waals surface area contributed by atoms with E-state index in [1.54, 1.807) is 0 Å². The SMILES string of the molecule is Cc1cc2c(c(C)c1C=O)Cc1ccccc1-2. The zero-order chi connectivity index (χ0) is 12.0. The van der Waals surface area contributed by atoms with Gasteiger partial charge < -0.3 is 0 Å². The summed E-state index contributed by atoms with van der Waals surface area (Å²) in [6.45, 7) is 4.07. The normalized spacial score (nSPS) is 12.1. The Balaban J connectivity index is 2.33. The molecule has 84 valence electrons. The highest BCUT2D eigenvalue weighted by molar-refractivity contribution is 5.87. The van der Waals surface area contributed by atoms with E-state index in [0.717, 1.165) is 29.4 Å². The largest absolute Gasteiger partial charge is 0.298 e. The van der Waals surface area contributed by atoms with Gasteiger partial charge in [-0.3, -0.25) is 4.79 Å². The van der Waals surface area contributed by atoms with Gasteiger partial charge in [0.05, 0.1) is 0 Å². The molecular weight excluding hydrogens is 208 g/mol. The Kier molecular flexibility index (Phi) is 2.15. The molecule has 0 bridgehead atoms. The first-order valence-corrected chi connectivity index (χ1v) is 5.89. The van der Waals surface area contributed by atoms with Gasteiger partial charge in [-0.2, -0.15) is 0 Å². The monoisotopic (exact) mass is 222 g/mol. The number of carbonyl (C=O) groups excluding carboxylic acids is 1. The predicted molar refractivity (Wildman–Crippen MR) is 69.5 cm³/mol. The van der Waals surface area contributed by atoms with Crippen LogP contribution in [0.3, 0.4) is 0 Å². The van der Waals surface area contributed by atoms with Crippen molar-refractivity contribution in [1.82, 2.24) is 0 Å². The number of aryl methyl sites for hydroxylation is 1. The number of fused-ring (bicyclic) bond motifs is 3. The van der Waals surface area contributed by atoms with Crippen molar-refractivity contribution in [3.63, 3.8) is 0 Å². The zero-order valence-corrected chi connectivity index (χ0v) is 10.1. The summed E-state index contributed by atoms with van der Waals surface area (Å²) in [5.74, 6) is 0. The van der Waals surface area contributed by atoms with E-state index in [1.807, 2.05) is 6.92 Å². The van der Waals surface area contributed by atoms with Crippen LogP contribution in [0.2, 0.25) is 0 Å². The fraction of sp³-hybridized carbons (Fsp3) is 0.188. The van der Waals surface area contributed by atoms with Gasteiger partial charge >= 0.3 is 0 Å². The molecule has 0 atom stereocenters. The van der Waals surface area contributed by atoms with Crippen LogP contribution in [0.5, 0.6) is 0 Å². The van der Waals surface area contributed by atoms with Gasteiger partial charge in [-0.15, -0.1) is 0 Å². The molecular formula is C16H14O. The number of aldehydes is 1. The number of rotatable bonds is 1. The molecule has 17 heavy (non-hydrogen) atoms. The lowest BCUT2D eigenvalue weighted by Gasteiger charge is -2.10. The maximum atomic E-state index is 11.1. The highest BCUT2D eigenvalue weighted by Gasteiger charge is 2.21. The van der Waals surface area contributed by atoms with E-state index in [9.17, 15) is 4.79 Å². The van der Waals surface area contributed by atoms with E-state index in [-0.39, 0.29) is 0 Å². The molecule has 0 heterocycles. The second-order valence-corrected chi connectivity index (χ2v) is 4.71. The molecule has 2 aromatic carbocycles. The summed E-state index contributed by atoms with van der Waals surface area (Å²) in [5.41, 5.74) is 8.40. The molecule has 0 N–H and O–H groups in total. The molecule has 1 heteroatoms. The molecule has 0 fully saturated rings. The summed E-state index contributed by atoms with van der Waals surface area (Å²) in [6.07, 6.45) is 1.94. The van der Waals surface area contributed by atoms with E-state index in [1.165, 1.54) is 22.3 Å². The Morgan fingerprint density at radius 1 is 1.12 bits per heavy atom. The van der Waals surface area contributed by atoms with Crippen molar-refractivity contribution in [3.05, 3.63) is 58.1 Å². The minimum Gasteiger partial charge on any atom is -0.298 e. The number of carbonyl (C=O) groups is 1. The van der Waals surface area contributed by atoms with Crippen molar-refractivity contribution < 1.29 is 4.79 Å². The number of hydrogen-bond donors (Lipinski definition) is 0. The lowest BCUT2D eigenvalue weighted by molar-refractivity contribution is 0.112. The molecule has 1 aliphatic rings. The van der Waals surface area contributed by atoms with Crippen LogP contribution in [0.4, 0.5) is 0 Å². The first-order chi connectivity index (χ1) is 8.22. The predicted octanol–water partition coefficient (Wildman–Crippen LogP) is 3.69. The molecule has 0 aliphatic heterocycles. The molecule has 1 aliphatic carbocycles. The van der Waals surface area contributed by atoms with E-state index in [2.05, 4.69) is 37.3 Å². The molecule has 0 spiro atoms. The maximum absolute atomic E-state index is 11.1. The summed E-state index contributed by atoms with van der Waals surface area (Å²) in [6, 6.07) is 10.6. The summed E-state index contributed by atoms with van der Waals surface area (Å²) in [7, 11) is 0. The Hall–Kier alpha value is -1.89. The van der Waals surface area contributed by atoms with E-state index < -0.39 is 0 Å². The first kappa shape index (κ1) is 10.3. The summed E-state index contributed by atoms with van der Waals surface area (Å²) >= 11 is 0. The second kappa shape index (κ2) is 3.56. The molecule has 0 aromatic heterocycles. The molecule has 3 rings (SSSR count). The second-order valence-electron chi connectivity index (χ2n) is 4.71. The lowest BCUT2D eigenvalue weighted by Crippen LogP contribution is -1.97. The van der Waals surface area contributed by atoms with Crippen molar-refractivity contribution >= 4 is 6.29 Å². The molecule has 0 unspecified atom stereocenters. The maximum Gasteiger partial charge on any atom is 0.150 e. The standard InChI is InChI=1S/C16H14O/c1-10-7-15-13-6-4-3-5-12(13)8-14(15)11(2)16(10)9-17/h3-7,9H,8H2,1-2H3. The van der Waals surface area contributed by atoms with Crippen molar-refractivity contribution in [2.75, 3.05) is 0 Å². The topological polar surface area (TPSA) is 17.1 Å². The van der Waals surface area contributed by atoms with Crippen LogP contribution in [0.1, 0.15) is 32.6 Å². The molecule has 2 aromatic rings. The quantitative estimate of drug-likeness (QED) is 0.574. The first-order valence-electron chi connectivity index (χ1n) is 5.89. The van der Waals surface area contributed by atoms with Gasteiger partial charge in [-0.1, -0.05) is 30.3 Å². The van der Waals surface area contributed by atoms with Crippen LogP contribution in [-0.2, 0) is 6.42 Å². The van der Waals surface area contributed by atoms with Crippen molar-refractivity contribution in [3.8, 4) is 11.1 Å². The Morgan fingerprint density at radius 3 is 2.65 bits per heavy atom. The molecule has 0 radical (unpaired) electrons. The summed E-state index contributed by atoms with van der Waals surface area (Å²) in [4.78, 5) is 11.1. The van der Waals surface area contributed by atoms with Crippen LogP contribution in [0.15, 0.2) is 30.3 Å². The van der Waals surface area contributed by atoms with Gasteiger partial charge in [-0.25, -0.2) is 0 Å². The van der Waals surface area contributed by atoms with Gasteiger partial charge in [0.2, 0.25) is 0 Å². The van der Waals surface area contributed by atoms with Crippen molar-refractivity contribution in [2.45, 2.75) is 20.3 Å². The van der Waals surface area contributed by atoms with Crippen LogP contribution < -0.4 is 0 Å². The Bertz CT molecular complexity index is 624. The van der Waals surface area contributed by atoms with Gasteiger partial charge in [-0.05, 0) is 53.6 Å². The minimum atomic E-state index is 0.858. The van der Waals surface area contributed by atoms with E-state index in [0.29, 0.717) is 0 Å². The summed E-state index contributed by atoms with van der Waals surface area (Å²) in [5, 5.41) is 0. The van der Waals surface area contributed by atoms with E-state index >= 15 is 0 Å². The Labute approximate surface area is 101 Å². The number of benzene rings is 2. The average Bonchev–Trinajstić information content (AvgIpc) is 2.69. The molecule has 1 nitrogen and oxygen atoms in total.